The molecule has 298 valence electrons. The first-order chi connectivity index (χ1) is 27.1. The summed E-state index contributed by atoms with van der Waals surface area (Å²) in [7, 11) is 0. The Morgan fingerprint density at radius 3 is 2.14 bits per heavy atom. The summed E-state index contributed by atoms with van der Waals surface area (Å²) in [6.07, 6.45) is -7.64. The summed E-state index contributed by atoms with van der Waals surface area (Å²) in [5.74, 6) is 0.970. The van der Waals surface area contributed by atoms with Crippen molar-refractivity contribution in [2.75, 3.05) is 49.7 Å². The second-order valence-electron chi connectivity index (χ2n) is 13.4. The smallest absolute Gasteiger partial charge is 0.416 e. The van der Waals surface area contributed by atoms with Crippen molar-refractivity contribution in [1.29, 1.82) is 0 Å². The summed E-state index contributed by atoms with van der Waals surface area (Å²) < 4.78 is 106. The van der Waals surface area contributed by atoms with Gasteiger partial charge in [-0.3, -0.25) is 9.69 Å². The van der Waals surface area contributed by atoms with Gasteiger partial charge in [-0.2, -0.15) is 26.3 Å². The van der Waals surface area contributed by atoms with Gasteiger partial charge in [0.05, 0.1) is 42.2 Å². The quantitative estimate of drug-likeness (QED) is 0.168. The van der Waals surface area contributed by atoms with Crippen molar-refractivity contribution < 1.29 is 54.8 Å². The fourth-order valence-electron chi connectivity index (χ4n) is 6.14. The van der Waals surface area contributed by atoms with Crippen molar-refractivity contribution in [2.24, 2.45) is 0 Å². The van der Waals surface area contributed by atoms with E-state index in [0.717, 1.165) is 24.3 Å². The minimum absolute atomic E-state index is 0.205. The van der Waals surface area contributed by atoms with Gasteiger partial charge >= 0.3 is 12.4 Å². The molecule has 17 heteroatoms. The maximum absolute atomic E-state index is 13.4. The van der Waals surface area contributed by atoms with Crippen LogP contribution in [0.1, 0.15) is 35.3 Å². The molecule has 3 aliphatic heterocycles. The summed E-state index contributed by atoms with van der Waals surface area (Å²) in [5, 5.41) is 3.06. The lowest BCUT2D eigenvalue weighted by Gasteiger charge is -2.29. The molecular formula is C40H35F6N5O6. The number of halogens is 6. The third-order valence-electron chi connectivity index (χ3n) is 8.86. The first-order valence-electron chi connectivity index (χ1n) is 17.7. The first-order valence-corrected chi connectivity index (χ1v) is 17.7. The van der Waals surface area contributed by atoms with Crippen LogP contribution in [0.25, 0.3) is 22.5 Å². The summed E-state index contributed by atoms with van der Waals surface area (Å²) in [4.78, 5) is 27.9. The number of benzene rings is 2. The summed E-state index contributed by atoms with van der Waals surface area (Å²) >= 11 is 0. The Kier molecular flexibility index (Phi) is 11.0. The number of alkyl halides is 6. The van der Waals surface area contributed by atoms with Crippen molar-refractivity contribution in [2.45, 2.75) is 38.1 Å². The van der Waals surface area contributed by atoms with Crippen molar-refractivity contribution in [1.82, 2.24) is 15.0 Å². The second kappa shape index (κ2) is 15.9. The predicted octanol–water partition coefficient (Wildman–Crippen LogP) is 8.30. The second-order valence-corrected chi connectivity index (χ2v) is 13.4. The van der Waals surface area contributed by atoms with Crippen LogP contribution in [0, 0.1) is 0 Å². The number of pyridine rings is 3. The van der Waals surface area contributed by atoms with Gasteiger partial charge in [0, 0.05) is 29.0 Å². The van der Waals surface area contributed by atoms with Gasteiger partial charge in [-0.25, -0.2) is 15.0 Å². The number of amides is 1. The fourth-order valence-corrected chi connectivity index (χ4v) is 6.14. The molecule has 0 radical (unpaired) electrons. The first kappa shape index (κ1) is 39.3. The maximum Gasteiger partial charge on any atom is 0.416 e. The van der Waals surface area contributed by atoms with Gasteiger partial charge in [0.25, 0.3) is 5.91 Å². The average Bonchev–Trinajstić information content (AvgIpc) is 3.57. The Balaban J connectivity index is 0.000000208. The highest BCUT2D eigenvalue weighted by Crippen LogP contribution is 2.37. The third kappa shape index (κ3) is 9.37. The fraction of sp³-hybridized carbons (Fsp3) is 0.300. The lowest BCUT2D eigenvalue weighted by Crippen LogP contribution is -2.38. The molecule has 1 fully saturated rings. The molecule has 0 bridgehead atoms. The molecule has 1 amide bonds. The highest BCUT2D eigenvalue weighted by molar-refractivity contribution is 6.06. The zero-order chi connectivity index (χ0) is 40.4. The zero-order valence-corrected chi connectivity index (χ0v) is 30.5. The molecule has 1 atom stereocenters. The minimum Gasteiger partial charge on any atom is -0.488 e. The van der Waals surface area contributed by atoms with Crippen molar-refractivity contribution in [3.63, 3.8) is 0 Å². The number of hydrogen-bond acceptors (Lipinski definition) is 10. The summed E-state index contributed by atoms with van der Waals surface area (Å²) in [5.41, 5.74) is 0.316. The van der Waals surface area contributed by atoms with Crippen LogP contribution in [0.15, 0.2) is 91.1 Å². The number of rotatable bonds is 6. The van der Waals surface area contributed by atoms with Crippen molar-refractivity contribution in [3.05, 3.63) is 108 Å². The van der Waals surface area contributed by atoms with Gasteiger partial charge in [0.1, 0.15) is 25.9 Å². The number of hydrogen-bond donors (Lipinski definition) is 1. The Labute approximate surface area is 322 Å². The van der Waals surface area contributed by atoms with Crippen LogP contribution in [0.5, 0.6) is 17.4 Å². The predicted molar refractivity (Wildman–Crippen MR) is 195 cm³/mol. The molecule has 8 rings (SSSR count). The van der Waals surface area contributed by atoms with Gasteiger partial charge in [-0.1, -0.05) is 24.3 Å². The van der Waals surface area contributed by atoms with Crippen LogP contribution in [0.4, 0.5) is 38.0 Å². The summed E-state index contributed by atoms with van der Waals surface area (Å²) in [6, 6.07) is 19.6. The molecule has 1 N–H and O–H groups in total. The third-order valence-corrected chi connectivity index (χ3v) is 8.86. The van der Waals surface area contributed by atoms with Crippen LogP contribution in [0.3, 0.4) is 0 Å². The van der Waals surface area contributed by atoms with E-state index >= 15 is 0 Å². The van der Waals surface area contributed by atoms with E-state index in [-0.39, 0.29) is 54.7 Å². The molecule has 11 nitrogen and oxygen atoms in total. The number of nitrogens with one attached hydrogen (secondary N) is 1. The van der Waals surface area contributed by atoms with Crippen LogP contribution >= 0.6 is 0 Å². The average molecular weight is 796 g/mol. The number of ether oxygens (including phenoxy) is 5. The number of nitrogens with zero attached hydrogens (tertiary/aromatic N) is 4. The van der Waals surface area contributed by atoms with Crippen LogP contribution < -0.4 is 24.4 Å². The number of carbonyl (C=O) groups excluding carboxylic acids is 1. The Morgan fingerprint density at radius 1 is 0.842 bits per heavy atom. The Hall–Kier alpha value is -5.94. The van der Waals surface area contributed by atoms with E-state index in [9.17, 15) is 31.1 Å². The molecule has 3 aromatic heterocycles. The number of carbonyl (C=O) groups is 1. The van der Waals surface area contributed by atoms with Crippen molar-refractivity contribution >= 4 is 17.5 Å². The van der Waals surface area contributed by atoms with E-state index in [1.54, 1.807) is 36.4 Å². The van der Waals surface area contributed by atoms with Crippen LogP contribution in [-0.4, -0.2) is 72.3 Å². The molecule has 0 spiro atoms. The highest BCUT2D eigenvalue weighted by atomic mass is 19.4. The van der Waals surface area contributed by atoms with Gasteiger partial charge in [-0.15, -0.1) is 0 Å². The number of aromatic nitrogens is 3. The van der Waals surface area contributed by atoms with E-state index in [2.05, 4.69) is 20.3 Å². The molecular weight excluding hydrogens is 760 g/mol. The van der Waals surface area contributed by atoms with Gasteiger partial charge in [0.2, 0.25) is 5.88 Å². The minimum atomic E-state index is -4.48. The van der Waals surface area contributed by atoms with E-state index in [0.29, 0.717) is 53.9 Å². The summed E-state index contributed by atoms with van der Waals surface area (Å²) in [6.45, 7) is 5.86. The molecule has 5 aromatic rings. The Morgan fingerprint density at radius 2 is 1.49 bits per heavy atom. The van der Waals surface area contributed by atoms with Gasteiger partial charge in [0.15, 0.2) is 28.9 Å². The molecule has 0 saturated carbocycles. The maximum atomic E-state index is 13.4. The highest BCUT2D eigenvalue weighted by Gasteiger charge is 2.34. The SMILES string of the molecule is CC1(C)OCC(COc2cc(C(=O)N3CCOc4ccc(-c5cccc(C(F)(F)F)c5)nc43)ccn2)O1.FC(F)(F)c1cccc(-c2ccc3c(n2)NCCO3)c1. The van der Waals surface area contributed by atoms with Crippen LogP contribution in [0.2, 0.25) is 0 Å². The molecule has 1 saturated heterocycles. The van der Waals surface area contributed by atoms with E-state index in [1.807, 2.05) is 13.8 Å². The zero-order valence-electron chi connectivity index (χ0n) is 30.5. The van der Waals surface area contributed by atoms with E-state index < -0.39 is 29.3 Å². The lowest BCUT2D eigenvalue weighted by atomic mass is 10.1. The molecule has 57 heavy (non-hydrogen) atoms. The number of anilines is 2. The number of fused-ring (bicyclic) bond motifs is 2. The van der Waals surface area contributed by atoms with E-state index in [4.69, 9.17) is 23.7 Å². The Bertz CT molecular complexity index is 2250. The monoisotopic (exact) mass is 795 g/mol. The molecule has 6 heterocycles. The molecule has 0 aliphatic carbocycles. The normalized spacial score (nSPS) is 17.1. The lowest BCUT2D eigenvalue weighted by molar-refractivity contribution is -0.141. The molecule has 1 unspecified atom stereocenters. The standard InChI is InChI=1S/C26H24F3N3O5.C14H11F3N2O/c1-25(2)36-15-19(37-25)14-35-22-13-17(8-9-30-22)24(33)32-10-11-34-21-7-6-20(31-23(21)32)16-4-3-5-18(12-16)26(27,28)29;15-14(16,17)10-3-1-2-9(8-10)11-4-5-12-13(19-11)18-6-7-20-12/h3-9,12-13,19H,10-11,14-15H2,1-2H3;1-5,8H,6-7H2,(H,18,19). The van der Waals surface area contributed by atoms with Gasteiger partial charge in [-0.05, 0) is 68.4 Å². The largest absolute Gasteiger partial charge is 0.488 e. The molecule has 2 aromatic carbocycles. The van der Waals surface area contributed by atoms with Crippen molar-refractivity contribution in [3.8, 4) is 39.9 Å². The van der Waals surface area contributed by atoms with Gasteiger partial charge < -0.3 is 29.0 Å². The van der Waals surface area contributed by atoms with Crippen LogP contribution in [-0.2, 0) is 21.8 Å². The van der Waals surface area contributed by atoms with E-state index in [1.165, 1.54) is 35.4 Å². The molecule has 3 aliphatic rings. The topological polar surface area (TPSA) is 117 Å².